The van der Waals surface area contributed by atoms with Crippen LogP contribution in [0.5, 0.6) is 0 Å². The second-order valence-electron chi connectivity index (χ2n) is 6.93. The number of hydrogen-bond acceptors (Lipinski definition) is 4. The molecular formula is C21H29IN6S. The molecule has 0 fully saturated rings. The Balaban J connectivity index is 0.00000300. The smallest absolute Gasteiger partial charge is 0.191 e. The fraction of sp³-hybridized carbons (Fsp3) is 0.381. The van der Waals surface area contributed by atoms with Gasteiger partial charge in [0.2, 0.25) is 0 Å². The van der Waals surface area contributed by atoms with Gasteiger partial charge < -0.3 is 15.2 Å². The van der Waals surface area contributed by atoms with Crippen LogP contribution in [0.2, 0.25) is 0 Å². The van der Waals surface area contributed by atoms with E-state index in [0.29, 0.717) is 13.1 Å². The minimum absolute atomic E-state index is 0. The van der Waals surface area contributed by atoms with Gasteiger partial charge in [0, 0.05) is 18.5 Å². The predicted octanol–water partition coefficient (Wildman–Crippen LogP) is 3.90. The van der Waals surface area contributed by atoms with Crippen LogP contribution < -0.4 is 10.6 Å². The van der Waals surface area contributed by atoms with Crippen LogP contribution in [0.3, 0.4) is 0 Å². The van der Waals surface area contributed by atoms with Crippen LogP contribution in [0.15, 0.2) is 40.7 Å². The Morgan fingerprint density at radius 3 is 2.62 bits per heavy atom. The number of guanidine groups is 1. The summed E-state index contributed by atoms with van der Waals surface area (Å²) in [6, 6.07) is 10.7. The Kier molecular flexibility index (Phi) is 9.09. The zero-order chi connectivity index (χ0) is 19.9. The molecule has 3 rings (SSSR count). The average Bonchev–Trinajstić information content (AvgIpc) is 3.29. The maximum Gasteiger partial charge on any atom is 0.191 e. The number of thiophene rings is 1. The molecule has 2 aromatic heterocycles. The summed E-state index contributed by atoms with van der Waals surface area (Å²) >= 11 is 1.78. The molecule has 0 saturated carbocycles. The van der Waals surface area contributed by atoms with E-state index in [0.717, 1.165) is 30.6 Å². The lowest BCUT2D eigenvalue weighted by Crippen LogP contribution is -2.38. The second-order valence-corrected chi connectivity index (χ2v) is 7.96. The van der Waals surface area contributed by atoms with E-state index in [-0.39, 0.29) is 24.0 Å². The van der Waals surface area contributed by atoms with E-state index in [4.69, 9.17) is 4.99 Å². The molecule has 29 heavy (non-hydrogen) atoms. The normalized spacial score (nSPS) is 11.2. The van der Waals surface area contributed by atoms with Crippen molar-refractivity contribution in [2.45, 2.75) is 40.3 Å². The summed E-state index contributed by atoms with van der Waals surface area (Å²) in [4.78, 5) is 6.16. The van der Waals surface area contributed by atoms with E-state index in [1.165, 1.54) is 21.6 Å². The maximum atomic E-state index is 4.80. The molecule has 0 atom stereocenters. The first kappa shape index (κ1) is 23.3. The Morgan fingerprint density at radius 1 is 1.14 bits per heavy atom. The van der Waals surface area contributed by atoms with Crippen molar-refractivity contribution < 1.29 is 0 Å². The predicted molar refractivity (Wildman–Crippen MR) is 131 cm³/mol. The molecule has 0 aliphatic rings. The summed E-state index contributed by atoms with van der Waals surface area (Å²) in [5.41, 5.74) is 3.78. The van der Waals surface area contributed by atoms with Gasteiger partial charge in [-0.3, -0.25) is 0 Å². The van der Waals surface area contributed by atoms with Gasteiger partial charge in [0.1, 0.15) is 5.82 Å². The SMILES string of the molecule is Cc1ccc(CN=C(NCCc2cccs2)NCc2nnc(C)n2C)c(C)c1.I. The molecule has 6 nitrogen and oxygen atoms in total. The topological polar surface area (TPSA) is 67.1 Å². The number of benzene rings is 1. The molecule has 0 spiro atoms. The summed E-state index contributed by atoms with van der Waals surface area (Å²) in [5, 5.41) is 17.3. The number of hydrogen-bond donors (Lipinski definition) is 2. The summed E-state index contributed by atoms with van der Waals surface area (Å²) in [6.07, 6.45) is 0.977. The summed E-state index contributed by atoms with van der Waals surface area (Å²) in [7, 11) is 1.98. The highest BCUT2D eigenvalue weighted by molar-refractivity contribution is 14.0. The zero-order valence-corrected chi connectivity index (χ0v) is 20.5. The Morgan fingerprint density at radius 2 is 1.97 bits per heavy atom. The summed E-state index contributed by atoms with van der Waals surface area (Å²) in [6.45, 7) is 8.24. The van der Waals surface area contributed by atoms with Gasteiger partial charge in [-0.25, -0.2) is 4.99 Å². The van der Waals surface area contributed by atoms with Crippen molar-refractivity contribution in [3.63, 3.8) is 0 Å². The molecule has 1 aromatic carbocycles. The minimum atomic E-state index is 0. The molecule has 0 radical (unpaired) electrons. The van der Waals surface area contributed by atoms with Gasteiger partial charge in [-0.2, -0.15) is 0 Å². The average molecular weight is 524 g/mol. The maximum absolute atomic E-state index is 4.80. The first-order chi connectivity index (χ1) is 13.5. The van der Waals surface area contributed by atoms with Gasteiger partial charge in [-0.1, -0.05) is 29.8 Å². The van der Waals surface area contributed by atoms with Crippen molar-refractivity contribution in [2.75, 3.05) is 6.54 Å². The number of nitrogens with one attached hydrogen (secondary N) is 2. The van der Waals surface area contributed by atoms with Gasteiger partial charge in [0.15, 0.2) is 11.8 Å². The van der Waals surface area contributed by atoms with Crippen LogP contribution in [0.25, 0.3) is 0 Å². The number of nitrogens with zero attached hydrogens (tertiary/aromatic N) is 4. The van der Waals surface area contributed by atoms with Crippen molar-refractivity contribution in [1.82, 2.24) is 25.4 Å². The molecule has 8 heteroatoms. The molecule has 2 N–H and O–H groups in total. The summed E-state index contributed by atoms with van der Waals surface area (Å²) < 4.78 is 1.99. The lowest BCUT2D eigenvalue weighted by Gasteiger charge is -2.13. The van der Waals surface area contributed by atoms with Gasteiger partial charge in [-0.05, 0) is 49.8 Å². The molecule has 0 bridgehead atoms. The molecule has 2 heterocycles. The number of aryl methyl sites for hydroxylation is 3. The standard InChI is InChI=1S/C21H28N6S.HI/c1-15-7-8-18(16(2)12-15)13-23-21(22-10-9-19-6-5-11-28-19)24-14-20-26-25-17(3)27(20)4;/h5-8,11-12H,9-10,13-14H2,1-4H3,(H2,22,23,24);1H. The van der Waals surface area contributed by atoms with Gasteiger partial charge in [0.25, 0.3) is 0 Å². The highest BCUT2D eigenvalue weighted by atomic mass is 127. The van der Waals surface area contributed by atoms with Crippen LogP contribution in [0, 0.1) is 20.8 Å². The second kappa shape index (κ2) is 11.3. The summed E-state index contributed by atoms with van der Waals surface area (Å²) in [5.74, 6) is 2.57. The first-order valence-electron chi connectivity index (χ1n) is 9.48. The Labute approximate surface area is 193 Å². The van der Waals surface area contributed by atoms with Crippen LogP contribution in [0.1, 0.15) is 33.2 Å². The minimum Gasteiger partial charge on any atom is -0.356 e. The fourth-order valence-corrected chi connectivity index (χ4v) is 3.60. The number of aromatic nitrogens is 3. The highest BCUT2D eigenvalue weighted by Gasteiger charge is 2.07. The van der Waals surface area contributed by atoms with Gasteiger partial charge in [0.05, 0.1) is 13.1 Å². The van der Waals surface area contributed by atoms with Crippen LogP contribution in [-0.4, -0.2) is 27.3 Å². The van der Waals surface area contributed by atoms with Crippen molar-refractivity contribution >= 4 is 41.3 Å². The molecule has 156 valence electrons. The van der Waals surface area contributed by atoms with Crippen molar-refractivity contribution in [2.24, 2.45) is 12.0 Å². The third-order valence-corrected chi connectivity index (χ3v) is 5.68. The van der Waals surface area contributed by atoms with Crippen molar-refractivity contribution in [3.8, 4) is 0 Å². The molecule has 3 aromatic rings. The molecular weight excluding hydrogens is 495 g/mol. The molecule has 0 unspecified atom stereocenters. The van der Waals surface area contributed by atoms with E-state index in [9.17, 15) is 0 Å². The van der Waals surface area contributed by atoms with Crippen LogP contribution in [0.4, 0.5) is 0 Å². The lowest BCUT2D eigenvalue weighted by atomic mass is 10.1. The third kappa shape index (κ3) is 6.81. The van der Waals surface area contributed by atoms with Gasteiger partial charge >= 0.3 is 0 Å². The fourth-order valence-electron chi connectivity index (χ4n) is 2.89. The monoisotopic (exact) mass is 524 g/mol. The van der Waals surface area contributed by atoms with Crippen molar-refractivity contribution in [1.29, 1.82) is 0 Å². The quantitative estimate of drug-likeness (QED) is 0.280. The Hall–Kier alpha value is -1.94. The van der Waals surface area contributed by atoms with Crippen LogP contribution in [-0.2, 0) is 26.6 Å². The highest BCUT2D eigenvalue weighted by Crippen LogP contribution is 2.12. The van der Waals surface area contributed by atoms with E-state index in [1.807, 2.05) is 18.5 Å². The van der Waals surface area contributed by atoms with E-state index in [1.54, 1.807) is 11.3 Å². The molecule has 0 saturated heterocycles. The van der Waals surface area contributed by atoms with Gasteiger partial charge in [-0.15, -0.1) is 45.5 Å². The van der Waals surface area contributed by atoms with E-state index >= 15 is 0 Å². The molecule has 0 amide bonds. The number of rotatable bonds is 7. The largest absolute Gasteiger partial charge is 0.356 e. The van der Waals surface area contributed by atoms with Crippen LogP contribution >= 0.6 is 35.3 Å². The molecule has 0 aliphatic heterocycles. The Bertz CT molecular complexity index is 933. The first-order valence-corrected chi connectivity index (χ1v) is 10.4. The number of halogens is 1. The van der Waals surface area contributed by atoms with E-state index < -0.39 is 0 Å². The lowest BCUT2D eigenvalue weighted by molar-refractivity contribution is 0.713. The molecule has 0 aliphatic carbocycles. The number of aliphatic imine (C=N–C) groups is 1. The van der Waals surface area contributed by atoms with Crippen molar-refractivity contribution in [3.05, 3.63) is 68.9 Å². The zero-order valence-electron chi connectivity index (χ0n) is 17.4. The third-order valence-electron chi connectivity index (χ3n) is 4.75. The van der Waals surface area contributed by atoms with E-state index in [2.05, 4.69) is 70.4 Å².